The molecule has 3 rings (SSSR count). The van der Waals surface area contributed by atoms with E-state index in [-0.39, 0.29) is 0 Å². The van der Waals surface area contributed by atoms with Crippen molar-refractivity contribution in [2.45, 2.75) is 25.7 Å². The summed E-state index contributed by atoms with van der Waals surface area (Å²) in [6, 6.07) is 4.10. The van der Waals surface area contributed by atoms with Crippen molar-refractivity contribution in [3.63, 3.8) is 0 Å². The molecule has 0 aliphatic carbocycles. The summed E-state index contributed by atoms with van der Waals surface area (Å²) in [5, 5.41) is 4.63. The molecule has 3 heterocycles. The van der Waals surface area contributed by atoms with Crippen molar-refractivity contribution in [2.75, 3.05) is 26.2 Å². The topological polar surface area (TPSA) is 59.5 Å². The summed E-state index contributed by atoms with van der Waals surface area (Å²) in [5.74, 6) is 1.50. The highest BCUT2D eigenvalue weighted by Crippen LogP contribution is 2.26. The van der Waals surface area contributed by atoms with Gasteiger partial charge in [-0.05, 0) is 44.5 Å². The number of pyridine rings is 1. The summed E-state index contributed by atoms with van der Waals surface area (Å²) in [7, 11) is 0. The van der Waals surface area contributed by atoms with E-state index in [9.17, 15) is 0 Å². The number of fused-ring (bicyclic) bond motifs is 1. The summed E-state index contributed by atoms with van der Waals surface area (Å²) in [5.41, 5.74) is 7.77. The number of aromatic nitrogens is 3. The van der Waals surface area contributed by atoms with Crippen molar-refractivity contribution >= 4 is 5.65 Å². The maximum absolute atomic E-state index is 5.60. The lowest BCUT2D eigenvalue weighted by atomic mass is 9.96. The van der Waals surface area contributed by atoms with E-state index in [1.54, 1.807) is 0 Å². The minimum absolute atomic E-state index is 0.494. The van der Waals surface area contributed by atoms with E-state index < -0.39 is 0 Å². The second-order valence-electron chi connectivity index (χ2n) is 5.33. The highest BCUT2D eigenvalue weighted by atomic mass is 15.3. The molecule has 1 saturated heterocycles. The van der Waals surface area contributed by atoms with E-state index >= 15 is 0 Å². The molecular weight excluding hydrogens is 238 g/mol. The van der Waals surface area contributed by atoms with Gasteiger partial charge in [0.1, 0.15) is 0 Å². The zero-order chi connectivity index (χ0) is 13.2. The van der Waals surface area contributed by atoms with Crippen LogP contribution in [0.2, 0.25) is 0 Å². The normalized spacial score (nSPS) is 18.2. The minimum Gasteiger partial charge on any atom is -0.329 e. The highest BCUT2D eigenvalue weighted by molar-refractivity contribution is 5.46. The van der Waals surface area contributed by atoms with Crippen LogP contribution in [0.25, 0.3) is 5.65 Å². The largest absolute Gasteiger partial charge is 0.329 e. The van der Waals surface area contributed by atoms with Crippen LogP contribution in [0.15, 0.2) is 18.3 Å². The van der Waals surface area contributed by atoms with Crippen LogP contribution >= 0.6 is 0 Å². The van der Waals surface area contributed by atoms with Gasteiger partial charge >= 0.3 is 0 Å². The molecule has 1 aliphatic heterocycles. The first-order valence-electron chi connectivity index (χ1n) is 7.02. The average molecular weight is 259 g/mol. The van der Waals surface area contributed by atoms with Crippen LogP contribution in [0.5, 0.6) is 0 Å². The van der Waals surface area contributed by atoms with E-state index in [2.05, 4.69) is 23.0 Å². The van der Waals surface area contributed by atoms with Crippen LogP contribution in [-0.4, -0.2) is 45.7 Å². The van der Waals surface area contributed by atoms with Gasteiger partial charge in [-0.3, -0.25) is 0 Å². The van der Waals surface area contributed by atoms with Gasteiger partial charge in [-0.1, -0.05) is 6.07 Å². The van der Waals surface area contributed by atoms with Gasteiger partial charge in [0, 0.05) is 25.2 Å². The van der Waals surface area contributed by atoms with Crippen LogP contribution in [0, 0.1) is 6.92 Å². The molecule has 2 aromatic rings. The van der Waals surface area contributed by atoms with Crippen molar-refractivity contribution in [3.8, 4) is 0 Å². The molecule has 102 valence electrons. The Morgan fingerprint density at radius 3 is 2.84 bits per heavy atom. The van der Waals surface area contributed by atoms with Crippen LogP contribution in [0.1, 0.15) is 30.1 Å². The van der Waals surface area contributed by atoms with E-state index in [4.69, 9.17) is 10.7 Å². The third kappa shape index (κ3) is 2.48. The Morgan fingerprint density at radius 2 is 2.16 bits per heavy atom. The van der Waals surface area contributed by atoms with Crippen LogP contribution in [0.4, 0.5) is 0 Å². The average Bonchev–Trinajstić information content (AvgIpc) is 2.85. The minimum atomic E-state index is 0.494. The summed E-state index contributed by atoms with van der Waals surface area (Å²) in [6.45, 7) is 6.05. The molecule has 1 aliphatic rings. The lowest BCUT2D eigenvalue weighted by molar-refractivity contribution is 0.214. The Kier molecular flexibility index (Phi) is 3.48. The monoisotopic (exact) mass is 259 g/mol. The molecule has 0 atom stereocenters. The zero-order valence-electron chi connectivity index (χ0n) is 11.4. The second-order valence-corrected chi connectivity index (χ2v) is 5.33. The van der Waals surface area contributed by atoms with Gasteiger partial charge in [-0.2, -0.15) is 5.10 Å². The Hall–Kier alpha value is -1.46. The van der Waals surface area contributed by atoms with Crippen molar-refractivity contribution < 1.29 is 0 Å². The molecule has 0 amide bonds. The fourth-order valence-corrected chi connectivity index (χ4v) is 2.83. The number of piperidine rings is 1. The molecule has 0 bridgehead atoms. The first kappa shape index (κ1) is 12.6. The Balaban J connectivity index is 1.77. The van der Waals surface area contributed by atoms with E-state index in [1.165, 1.54) is 5.56 Å². The molecule has 0 spiro atoms. The fourth-order valence-electron chi connectivity index (χ4n) is 2.83. The lowest BCUT2D eigenvalue weighted by Crippen LogP contribution is -2.36. The highest BCUT2D eigenvalue weighted by Gasteiger charge is 2.23. The van der Waals surface area contributed by atoms with Gasteiger partial charge in [0.15, 0.2) is 11.5 Å². The Bertz CT molecular complexity index is 554. The van der Waals surface area contributed by atoms with Gasteiger partial charge in [-0.25, -0.2) is 9.50 Å². The number of nitrogens with two attached hydrogens (primary N) is 1. The fraction of sp³-hybridized carbons (Fsp3) is 0.571. The van der Waals surface area contributed by atoms with Gasteiger partial charge in [0.05, 0.1) is 0 Å². The first-order chi connectivity index (χ1) is 9.28. The van der Waals surface area contributed by atoms with E-state index in [0.29, 0.717) is 5.92 Å². The Labute approximate surface area is 113 Å². The molecule has 0 aromatic carbocycles. The maximum atomic E-state index is 5.60. The molecule has 5 nitrogen and oxygen atoms in total. The Morgan fingerprint density at radius 1 is 1.37 bits per heavy atom. The quantitative estimate of drug-likeness (QED) is 0.899. The smallest absolute Gasteiger partial charge is 0.158 e. The summed E-state index contributed by atoms with van der Waals surface area (Å²) >= 11 is 0. The SMILES string of the molecule is Cc1cccn2nc(C3CCN(CCN)CC3)nc12. The predicted octanol–water partition coefficient (Wildman–Crippen LogP) is 1.18. The zero-order valence-corrected chi connectivity index (χ0v) is 11.4. The number of hydrogen-bond donors (Lipinski definition) is 1. The maximum Gasteiger partial charge on any atom is 0.158 e. The van der Waals surface area contributed by atoms with E-state index in [1.807, 2.05) is 16.8 Å². The van der Waals surface area contributed by atoms with Gasteiger partial charge in [-0.15, -0.1) is 0 Å². The first-order valence-corrected chi connectivity index (χ1v) is 7.02. The van der Waals surface area contributed by atoms with Crippen molar-refractivity contribution in [3.05, 3.63) is 29.7 Å². The van der Waals surface area contributed by atoms with Crippen molar-refractivity contribution in [1.29, 1.82) is 0 Å². The summed E-state index contributed by atoms with van der Waals surface area (Å²) in [6.07, 6.45) is 4.24. The predicted molar refractivity (Wildman–Crippen MR) is 75.2 cm³/mol. The van der Waals surface area contributed by atoms with Gasteiger partial charge < -0.3 is 10.6 Å². The van der Waals surface area contributed by atoms with E-state index in [0.717, 1.165) is 50.5 Å². The van der Waals surface area contributed by atoms with Crippen molar-refractivity contribution in [1.82, 2.24) is 19.5 Å². The lowest BCUT2D eigenvalue weighted by Gasteiger charge is -2.30. The van der Waals surface area contributed by atoms with Gasteiger partial charge in [0.2, 0.25) is 0 Å². The molecule has 5 heteroatoms. The second kappa shape index (κ2) is 5.27. The molecule has 2 aromatic heterocycles. The molecular formula is C14H21N5. The number of rotatable bonds is 3. The number of nitrogens with zero attached hydrogens (tertiary/aromatic N) is 4. The number of hydrogen-bond acceptors (Lipinski definition) is 4. The summed E-state index contributed by atoms with van der Waals surface area (Å²) in [4.78, 5) is 7.14. The third-order valence-electron chi connectivity index (χ3n) is 3.97. The van der Waals surface area contributed by atoms with Crippen LogP contribution in [0.3, 0.4) is 0 Å². The van der Waals surface area contributed by atoms with Crippen LogP contribution < -0.4 is 5.73 Å². The van der Waals surface area contributed by atoms with Crippen LogP contribution in [-0.2, 0) is 0 Å². The molecule has 19 heavy (non-hydrogen) atoms. The molecule has 2 N–H and O–H groups in total. The number of likely N-dealkylation sites (tertiary alicyclic amines) is 1. The summed E-state index contributed by atoms with van der Waals surface area (Å²) < 4.78 is 1.90. The molecule has 0 saturated carbocycles. The standard InChI is InChI=1S/C14H21N5/c1-11-3-2-7-19-14(11)16-13(17-19)12-4-8-18(9-5-12)10-6-15/h2-3,7,12H,4-6,8-10,15H2,1H3. The third-order valence-corrected chi connectivity index (χ3v) is 3.97. The van der Waals surface area contributed by atoms with Crippen molar-refractivity contribution in [2.24, 2.45) is 5.73 Å². The van der Waals surface area contributed by atoms with Gasteiger partial charge in [0.25, 0.3) is 0 Å². The molecule has 0 radical (unpaired) electrons. The molecule has 1 fully saturated rings. The number of aryl methyl sites for hydroxylation is 1. The molecule has 0 unspecified atom stereocenters.